The van der Waals surface area contributed by atoms with Crippen molar-refractivity contribution in [2.24, 2.45) is 0 Å². The Kier molecular flexibility index (Phi) is 8.06. The van der Waals surface area contributed by atoms with Crippen LogP contribution in [0.3, 0.4) is 0 Å². The molecule has 3 aromatic rings. The summed E-state index contributed by atoms with van der Waals surface area (Å²) in [5.41, 5.74) is 0.139. The Morgan fingerprint density at radius 1 is 0.805 bits per heavy atom. The first-order chi connectivity index (χ1) is 19.5. The van der Waals surface area contributed by atoms with Crippen molar-refractivity contribution in [3.63, 3.8) is 0 Å². The highest BCUT2D eigenvalue weighted by Gasteiger charge is 2.50. The first-order valence-electron chi connectivity index (χ1n) is 12.4. The van der Waals surface area contributed by atoms with Crippen LogP contribution in [0.15, 0.2) is 40.8 Å². The highest BCUT2D eigenvalue weighted by molar-refractivity contribution is 5.88. The zero-order valence-electron chi connectivity index (χ0n) is 21.1. The van der Waals surface area contributed by atoms with Crippen molar-refractivity contribution in [2.45, 2.75) is 55.3 Å². The van der Waals surface area contributed by atoms with Crippen LogP contribution in [0.25, 0.3) is 22.3 Å². The molecule has 15 heteroatoms. The first kappa shape index (κ1) is 29.0. The minimum atomic E-state index is -1.80. The third kappa shape index (κ3) is 5.54. The molecule has 15 nitrogen and oxygen atoms in total. The van der Waals surface area contributed by atoms with E-state index in [4.69, 9.17) is 23.4 Å². The summed E-state index contributed by atoms with van der Waals surface area (Å²) in [5.74, 6) is -1.98. The molecule has 0 spiro atoms. The van der Waals surface area contributed by atoms with E-state index in [1.807, 2.05) is 0 Å². The second-order valence-corrected chi connectivity index (χ2v) is 9.70. The van der Waals surface area contributed by atoms with Gasteiger partial charge in [0.15, 0.2) is 23.9 Å². The summed E-state index contributed by atoms with van der Waals surface area (Å²) in [7, 11) is 0. The van der Waals surface area contributed by atoms with Crippen molar-refractivity contribution in [3.8, 4) is 40.1 Å². The Morgan fingerprint density at radius 2 is 1.56 bits per heavy atom. The molecule has 0 saturated carbocycles. The van der Waals surface area contributed by atoms with Gasteiger partial charge >= 0.3 is 11.3 Å². The summed E-state index contributed by atoms with van der Waals surface area (Å²) < 4.78 is 28.5. The summed E-state index contributed by atoms with van der Waals surface area (Å²) in [6, 6.07) is 7.19. The lowest BCUT2D eigenvalue weighted by atomic mass is 9.98. The molecule has 2 aliphatic rings. The number of phenolic OH excluding ortho intramolecular Hbond substituents is 4. The number of aromatic hydroxyl groups is 4. The van der Waals surface area contributed by atoms with Gasteiger partial charge in [0.2, 0.25) is 12.0 Å². The minimum absolute atomic E-state index is 0.00950. The van der Waals surface area contributed by atoms with Crippen LogP contribution >= 0.6 is 0 Å². The molecule has 0 amide bonds. The SMILES string of the molecule is OC[C@@H]1O[C@H](Oc2cc3c(O)cc(O)cc3[o+]c2-c2ccc(O)c(O)c2)[C@@H](O[C@H]2OC[C@H](O)[C@@H](O)[C@@H]2O)[C@H](O)[C@@H]1O. The van der Waals surface area contributed by atoms with Gasteiger partial charge in [0.25, 0.3) is 0 Å². The predicted molar refractivity (Wildman–Crippen MR) is 134 cm³/mol. The van der Waals surface area contributed by atoms with E-state index in [0.29, 0.717) is 0 Å². The molecule has 3 heterocycles. The van der Waals surface area contributed by atoms with E-state index in [0.717, 1.165) is 12.1 Å². The predicted octanol–water partition coefficient (Wildman–Crippen LogP) is -1.15. The van der Waals surface area contributed by atoms with Crippen LogP contribution in [0, 0.1) is 0 Å². The van der Waals surface area contributed by atoms with Crippen LogP contribution in [-0.4, -0.2) is 120 Å². The first-order valence-corrected chi connectivity index (χ1v) is 12.4. The Hall–Kier alpha value is -3.51. The van der Waals surface area contributed by atoms with Crippen LogP contribution in [-0.2, 0) is 14.2 Å². The van der Waals surface area contributed by atoms with E-state index in [9.17, 15) is 51.1 Å². The third-order valence-corrected chi connectivity index (χ3v) is 6.87. The molecule has 222 valence electrons. The number of fused-ring (bicyclic) bond motifs is 1. The normalized spacial score (nSPS) is 32.2. The van der Waals surface area contributed by atoms with Crippen molar-refractivity contribution < 1.29 is 74.4 Å². The van der Waals surface area contributed by atoms with E-state index in [2.05, 4.69) is 0 Å². The lowest BCUT2D eigenvalue weighted by molar-refractivity contribution is -0.344. The van der Waals surface area contributed by atoms with E-state index in [-0.39, 0.29) is 33.8 Å². The molecule has 10 N–H and O–H groups in total. The van der Waals surface area contributed by atoms with Gasteiger partial charge in [0.05, 0.1) is 24.8 Å². The number of benzene rings is 2. The summed E-state index contributed by atoms with van der Waals surface area (Å²) in [4.78, 5) is 0. The van der Waals surface area contributed by atoms with Crippen molar-refractivity contribution in [1.29, 1.82) is 0 Å². The van der Waals surface area contributed by atoms with E-state index < -0.39 is 85.8 Å². The van der Waals surface area contributed by atoms with E-state index in [1.165, 1.54) is 24.3 Å². The second kappa shape index (κ2) is 11.4. The Bertz CT molecular complexity index is 1400. The molecule has 0 bridgehead atoms. The maximum absolute atomic E-state index is 10.9. The zero-order valence-corrected chi connectivity index (χ0v) is 21.1. The number of hydrogen-bond acceptors (Lipinski definition) is 14. The molecule has 0 unspecified atom stereocenters. The van der Waals surface area contributed by atoms with Gasteiger partial charge in [0, 0.05) is 18.2 Å². The van der Waals surface area contributed by atoms with Gasteiger partial charge in [-0.1, -0.05) is 0 Å². The maximum atomic E-state index is 10.9. The van der Waals surface area contributed by atoms with Crippen molar-refractivity contribution in [2.75, 3.05) is 13.2 Å². The fraction of sp³-hybridized carbons (Fsp3) is 0.423. The number of ether oxygens (including phenoxy) is 4. The van der Waals surface area contributed by atoms with Crippen LogP contribution in [0.4, 0.5) is 0 Å². The standard InChI is InChI=1S/C26H28O15/c27-7-18-20(34)21(35)24(41-25-22(36)19(33)15(32)8-37-25)26(40-18)39-17-6-11-13(30)4-10(28)5-16(11)38-23(17)9-1-2-12(29)14(31)3-9/h1-6,15,18-22,24-27,32-36H,7-8H2,(H3-,28,29,30,31)/p+1/t15-,18-,19+,20+,21+,22-,24-,25+,26-/m0/s1. The smallest absolute Gasteiger partial charge is 0.402 e. The minimum Gasteiger partial charge on any atom is -0.507 e. The Labute approximate surface area is 230 Å². The van der Waals surface area contributed by atoms with Gasteiger partial charge in [0.1, 0.15) is 53.5 Å². The maximum Gasteiger partial charge on any atom is 0.402 e. The van der Waals surface area contributed by atoms with Crippen LogP contribution < -0.4 is 4.74 Å². The van der Waals surface area contributed by atoms with Gasteiger partial charge in [-0.25, -0.2) is 4.42 Å². The topological polar surface area (TPSA) is 251 Å². The lowest BCUT2D eigenvalue weighted by Gasteiger charge is -2.44. The lowest BCUT2D eigenvalue weighted by Crippen LogP contribution is -2.63. The summed E-state index contributed by atoms with van der Waals surface area (Å²) >= 11 is 0. The molecule has 2 aromatic carbocycles. The molecule has 5 rings (SSSR count). The fourth-order valence-electron chi connectivity index (χ4n) is 4.61. The van der Waals surface area contributed by atoms with E-state index in [1.54, 1.807) is 0 Å². The van der Waals surface area contributed by atoms with Crippen molar-refractivity contribution >= 4 is 11.0 Å². The largest absolute Gasteiger partial charge is 0.507 e. The fourth-order valence-corrected chi connectivity index (χ4v) is 4.61. The molecule has 2 fully saturated rings. The van der Waals surface area contributed by atoms with Gasteiger partial charge in [-0.2, -0.15) is 0 Å². The van der Waals surface area contributed by atoms with Crippen LogP contribution in [0.5, 0.6) is 28.7 Å². The van der Waals surface area contributed by atoms with E-state index >= 15 is 0 Å². The average Bonchev–Trinajstić information content (AvgIpc) is 2.94. The van der Waals surface area contributed by atoms with Crippen LogP contribution in [0.2, 0.25) is 0 Å². The van der Waals surface area contributed by atoms with Gasteiger partial charge in [-0.15, -0.1) is 0 Å². The number of phenols is 4. The number of aliphatic hydroxyl groups is 6. The zero-order chi connectivity index (χ0) is 29.6. The van der Waals surface area contributed by atoms with Gasteiger partial charge < -0.3 is 70.0 Å². The number of hydrogen-bond donors (Lipinski definition) is 10. The highest BCUT2D eigenvalue weighted by atomic mass is 16.8. The third-order valence-electron chi connectivity index (χ3n) is 6.87. The Balaban J connectivity index is 1.57. The summed E-state index contributed by atoms with van der Waals surface area (Å²) in [6.45, 7) is -1.18. The molecular weight excluding hydrogens is 552 g/mol. The molecule has 0 radical (unpaired) electrons. The number of rotatable bonds is 6. The van der Waals surface area contributed by atoms with Crippen LogP contribution in [0.1, 0.15) is 0 Å². The summed E-state index contributed by atoms with van der Waals surface area (Å²) in [5, 5.41) is 101. The molecule has 2 aliphatic heterocycles. The van der Waals surface area contributed by atoms with Gasteiger partial charge in [-0.3, -0.25) is 0 Å². The average molecular weight is 582 g/mol. The molecule has 0 aliphatic carbocycles. The van der Waals surface area contributed by atoms with Crippen molar-refractivity contribution in [3.05, 3.63) is 36.4 Å². The van der Waals surface area contributed by atoms with Crippen molar-refractivity contribution in [1.82, 2.24) is 0 Å². The second-order valence-electron chi connectivity index (χ2n) is 9.70. The number of aliphatic hydroxyl groups excluding tert-OH is 6. The molecule has 1 aromatic heterocycles. The molecule has 2 saturated heterocycles. The Morgan fingerprint density at radius 3 is 2.27 bits per heavy atom. The molecular formula is C26H29O15+. The monoisotopic (exact) mass is 581 g/mol. The quantitative estimate of drug-likeness (QED) is 0.122. The summed E-state index contributed by atoms with van der Waals surface area (Å²) in [6.07, 6.45) is -14.6. The molecule has 9 atom stereocenters. The van der Waals surface area contributed by atoms with Gasteiger partial charge in [-0.05, 0) is 12.1 Å². The highest BCUT2D eigenvalue weighted by Crippen LogP contribution is 2.42. The molecule has 41 heavy (non-hydrogen) atoms.